The van der Waals surface area contributed by atoms with Crippen molar-refractivity contribution in [3.8, 4) is 0 Å². The van der Waals surface area contributed by atoms with E-state index in [1.54, 1.807) is 7.05 Å². The van der Waals surface area contributed by atoms with Crippen molar-refractivity contribution >= 4 is 11.8 Å². The molecule has 0 aromatic carbocycles. The van der Waals surface area contributed by atoms with Gasteiger partial charge in [-0.3, -0.25) is 9.59 Å². The van der Waals surface area contributed by atoms with Gasteiger partial charge in [0.25, 0.3) is 0 Å². The Hall–Kier alpha value is -1.06. The SMILES string of the molecule is CNC(=O)CCCC(N)=O. The van der Waals surface area contributed by atoms with Crippen LogP contribution in [0.15, 0.2) is 0 Å². The van der Waals surface area contributed by atoms with Gasteiger partial charge in [-0.15, -0.1) is 0 Å². The first-order valence-electron chi connectivity index (χ1n) is 3.15. The fraction of sp³-hybridized carbons (Fsp3) is 0.667. The molecule has 0 bridgehead atoms. The minimum absolute atomic E-state index is 0.0544. The Morgan fingerprint density at radius 1 is 1.40 bits per heavy atom. The van der Waals surface area contributed by atoms with Gasteiger partial charge in [0, 0.05) is 19.9 Å². The van der Waals surface area contributed by atoms with Gasteiger partial charge in [0.05, 0.1) is 0 Å². The van der Waals surface area contributed by atoms with Crippen LogP contribution in [0.4, 0.5) is 0 Å². The number of amides is 2. The number of nitrogens with one attached hydrogen (secondary N) is 1. The number of carbonyl (C=O) groups is 2. The van der Waals surface area contributed by atoms with Gasteiger partial charge < -0.3 is 11.1 Å². The van der Waals surface area contributed by atoms with Crippen LogP contribution in [-0.4, -0.2) is 18.9 Å². The standard InChI is InChI=1S/C6H12N2O2/c1-8-6(10)4-2-3-5(7)9/h2-4H2,1H3,(H2,7,9)(H,8,10). The van der Waals surface area contributed by atoms with E-state index < -0.39 is 0 Å². The Labute approximate surface area is 59.8 Å². The average Bonchev–Trinajstić information content (AvgIpc) is 1.87. The fourth-order valence-electron chi connectivity index (χ4n) is 0.548. The molecule has 0 fully saturated rings. The Kier molecular flexibility index (Phi) is 4.28. The van der Waals surface area contributed by atoms with Crippen molar-refractivity contribution in [2.75, 3.05) is 7.05 Å². The zero-order valence-electron chi connectivity index (χ0n) is 6.02. The third-order valence-electron chi connectivity index (χ3n) is 1.11. The minimum atomic E-state index is -0.357. The smallest absolute Gasteiger partial charge is 0.219 e. The summed E-state index contributed by atoms with van der Waals surface area (Å²) < 4.78 is 0. The van der Waals surface area contributed by atoms with Gasteiger partial charge >= 0.3 is 0 Å². The van der Waals surface area contributed by atoms with E-state index in [9.17, 15) is 9.59 Å². The molecule has 0 aromatic rings. The maximum absolute atomic E-state index is 10.5. The van der Waals surface area contributed by atoms with Crippen LogP contribution in [0.25, 0.3) is 0 Å². The number of hydrogen-bond donors (Lipinski definition) is 2. The van der Waals surface area contributed by atoms with Crippen LogP contribution in [0.5, 0.6) is 0 Å². The molecule has 2 amide bonds. The maximum Gasteiger partial charge on any atom is 0.219 e. The average molecular weight is 144 g/mol. The van der Waals surface area contributed by atoms with Gasteiger partial charge in [-0.05, 0) is 6.42 Å². The van der Waals surface area contributed by atoms with Crippen LogP contribution in [0.3, 0.4) is 0 Å². The van der Waals surface area contributed by atoms with Crippen molar-refractivity contribution in [1.82, 2.24) is 5.32 Å². The molecule has 0 unspecified atom stereocenters. The highest BCUT2D eigenvalue weighted by atomic mass is 16.2. The third-order valence-corrected chi connectivity index (χ3v) is 1.11. The van der Waals surface area contributed by atoms with Crippen molar-refractivity contribution < 1.29 is 9.59 Å². The van der Waals surface area contributed by atoms with E-state index in [0.29, 0.717) is 12.8 Å². The van der Waals surface area contributed by atoms with Crippen LogP contribution < -0.4 is 11.1 Å². The van der Waals surface area contributed by atoms with E-state index in [1.807, 2.05) is 0 Å². The number of hydrogen-bond acceptors (Lipinski definition) is 2. The van der Waals surface area contributed by atoms with Crippen molar-refractivity contribution in [3.63, 3.8) is 0 Å². The summed E-state index contributed by atoms with van der Waals surface area (Å²) in [5, 5.41) is 2.45. The summed E-state index contributed by atoms with van der Waals surface area (Å²) in [7, 11) is 1.56. The maximum atomic E-state index is 10.5. The van der Waals surface area contributed by atoms with Crippen LogP contribution in [0.1, 0.15) is 19.3 Å². The monoisotopic (exact) mass is 144 g/mol. The van der Waals surface area contributed by atoms with Crippen molar-refractivity contribution in [2.45, 2.75) is 19.3 Å². The van der Waals surface area contributed by atoms with Crippen LogP contribution in [0.2, 0.25) is 0 Å². The normalized spacial score (nSPS) is 8.90. The predicted octanol–water partition coefficient (Wildman–Crippen LogP) is -0.612. The zero-order chi connectivity index (χ0) is 7.98. The summed E-state index contributed by atoms with van der Waals surface area (Å²) in [6.07, 6.45) is 1.20. The number of carbonyl (C=O) groups excluding carboxylic acids is 2. The van der Waals surface area contributed by atoms with Crippen molar-refractivity contribution in [3.05, 3.63) is 0 Å². The molecule has 10 heavy (non-hydrogen) atoms. The van der Waals surface area contributed by atoms with Crippen LogP contribution in [-0.2, 0) is 9.59 Å². The lowest BCUT2D eigenvalue weighted by Crippen LogP contribution is -2.18. The molecule has 0 radical (unpaired) electrons. The Morgan fingerprint density at radius 2 is 2.00 bits per heavy atom. The highest BCUT2D eigenvalue weighted by Crippen LogP contribution is 1.92. The predicted molar refractivity (Wildman–Crippen MR) is 37.1 cm³/mol. The summed E-state index contributed by atoms with van der Waals surface area (Å²) in [6.45, 7) is 0. The molecule has 0 saturated carbocycles. The lowest BCUT2D eigenvalue weighted by molar-refractivity contribution is -0.121. The van der Waals surface area contributed by atoms with Crippen LogP contribution in [0, 0.1) is 0 Å². The molecule has 0 heterocycles. The molecule has 0 atom stereocenters. The van der Waals surface area contributed by atoms with E-state index >= 15 is 0 Å². The van der Waals surface area contributed by atoms with E-state index in [4.69, 9.17) is 5.73 Å². The fourth-order valence-corrected chi connectivity index (χ4v) is 0.548. The molecule has 58 valence electrons. The molecule has 0 spiro atoms. The van der Waals surface area contributed by atoms with Gasteiger partial charge in [0.2, 0.25) is 11.8 Å². The summed E-state index contributed by atoms with van der Waals surface area (Å²) >= 11 is 0. The number of primary amides is 1. The molecule has 3 N–H and O–H groups in total. The summed E-state index contributed by atoms with van der Waals surface area (Å²) in [6, 6.07) is 0. The van der Waals surface area contributed by atoms with E-state index in [1.165, 1.54) is 0 Å². The zero-order valence-corrected chi connectivity index (χ0v) is 6.02. The van der Waals surface area contributed by atoms with Gasteiger partial charge in [-0.2, -0.15) is 0 Å². The summed E-state index contributed by atoms with van der Waals surface area (Å²) in [5.41, 5.74) is 4.85. The molecule has 0 saturated heterocycles. The molecular weight excluding hydrogens is 132 g/mol. The molecule has 4 heteroatoms. The second-order valence-electron chi connectivity index (χ2n) is 1.99. The first-order chi connectivity index (χ1) is 4.66. The molecule has 0 aliphatic carbocycles. The molecule has 0 aromatic heterocycles. The highest BCUT2D eigenvalue weighted by Gasteiger charge is 1.98. The largest absolute Gasteiger partial charge is 0.370 e. The lowest BCUT2D eigenvalue weighted by atomic mass is 10.2. The number of rotatable bonds is 4. The molecule has 0 aliphatic rings. The molecular formula is C6H12N2O2. The van der Waals surface area contributed by atoms with Gasteiger partial charge in [-0.1, -0.05) is 0 Å². The summed E-state index contributed by atoms with van der Waals surface area (Å²) in [5.74, 6) is -0.412. The molecule has 0 rings (SSSR count). The molecule has 4 nitrogen and oxygen atoms in total. The van der Waals surface area contributed by atoms with Crippen LogP contribution >= 0.6 is 0 Å². The van der Waals surface area contributed by atoms with E-state index in [2.05, 4.69) is 5.32 Å². The quantitative estimate of drug-likeness (QED) is 0.552. The topological polar surface area (TPSA) is 72.2 Å². The highest BCUT2D eigenvalue weighted by molar-refractivity contribution is 5.77. The van der Waals surface area contributed by atoms with Crippen molar-refractivity contribution in [2.24, 2.45) is 5.73 Å². The molecule has 0 aliphatic heterocycles. The minimum Gasteiger partial charge on any atom is -0.370 e. The second-order valence-corrected chi connectivity index (χ2v) is 1.99. The van der Waals surface area contributed by atoms with Gasteiger partial charge in [0.1, 0.15) is 0 Å². The first kappa shape index (κ1) is 8.94. The van der Waals surface area contributed by atoms with E-state index in [0.717, 1.165) is 0 Å². The number of nitrogens with two attached hydrogens (primary N) is 1. The third kappa shape index (κ3) is 5.08. The first-order valence-corrected chi connectivity index (χ1v) is 3.15. The van der Waals surface area contributed by atoms with Gasteiger partial charge in [-0.25, -0.2) is 0 Å². The Bertz CT molecular complexity index is 134. The summed E-state index contributed by atoms with van der Waals surface area (Å²) in [4.78, 5) is 20.7. The van der Waals surface area contributed by atoms with E-state index in [-0.39, 0.29) is 18.2 Å². The Morgan fingerprint density at radius 3 is 2.40 bits per heavy atom. The second kappa shape index (κ2) is 4.78. The Balaban J connectivity index is 3.20. The lowest BCUT2D eigenvalue weighted by Gasteiger charge is -1.95. The van der Waals surface area contributed by atoms with Gasteiger partial charge in [0.15, 0.2) is 0 Å². The van der Waals surface area contributed by atoms with Crippen molar-refractivity contribution in [1.29, 1.82) is 0 Å².